The smallest absolute Gasteiger partial charge is 0.279 e. The molecule has 0 saturated carbocycles. The molecule has 4 aromatic rings. The molecule has 0 bridgehead atoms. The number of carbonyl (C=O) groups excluding carboxylic acids is 1. The number of primary amides is 1. The highest BCUT2D eigenvalue weighted by molar-refractivity contribution is 6.12. The number of nitrogens with two attached hydrogens (primary N) is 1. The molecule has 0 aliphatic rings. The van der Waals surface area contributed by atoms with Gasteiger partial charge in [-0.05, 0) is 18.6 Å². The van der Waals surface area contributed by atoms with Crippen LogP contribution >= 0.6 is 0 Å². The van der Waals surface area contributed by atoms with E-state index in [0.29, 0.717) is 11.2 Å². The number of carbonyl (C=O) groups is 1. The van der Waals surface area contributed by atoms with E-state index in [1.165, 1.54) is 6.07 Å². The molecule has 0 atom stereocenters. The van der Waals surface area contributed by atoms with Crippen LogP contribution in [-0.4, -0.2) is 25.3 Å². The number of aromatic nitrogens is 4. The number of amides is 1. The highest BCUT2D eigenvalue weighted by Crippen LogP contribution is 2.29. The van der Waals surface area contributed by atoms with Crippen molar-refractivity contribution in [3.63, 3.8) is 0 Å². The zero-order chi connectivity index (χ0) is 17.2. The van der Waals surface area contributed by atoms with Gasteiger partial charge in [0.25, 0.3) is 12.3 Å². The lowest BCUT2D eigenvalue weighted by Crippen LogP contribution is -2.11. The predicted molar refractivity (Wildman–Crippen MR) is 83.4 cm³/mol. The van der Waals surface area contributed by atoms with E-state index in [-0.39, 0.29) is 33.4 Å². The molecule has 0 aliphatic heterocycles. The Morgan fingerprint density at radius 2 is 2.12 bits per heavy atom. The molecule has 24 heavy (non-hydrogen) atoms. The molecule has 122 valence electrons. The largest absolute Gasteiger partial charge is 0.365 e. The number of fused-ring (bicyclic) bond motifs is 5. The number of rotatable bonds is 2. The Kier molecular flexibility index (Phi) is 2.77. The fourth-order valence-corrected chi connectivity index (χ4v) is 2.98. The first-order valence-corrected chi connectivity index (χ1v) is 7.03. The topological polar surface area (TPSA) is 109 Å². The lowest BCUT2D eigenvalue weighted by Gasteiger charge is -2.03. The summed E-state index contributed by atoms with van der Waals surface area (Å²) in [6.45, 7) is 1.79. The number of imidazole rings is 1. The van der Waals surface area contributed by atoms with Gasteiger partial charge < -0.3 is 15.7 Å². The molecule has 3 heterocycles. The van der Waals surface area contributed by atoms with Crippen molar-refractivity contribution >= 4 is 33.8 Å². The van der Waals surface area contributed by atoms with E-state index in [1.807, 2.05) is 0 Å². The van der Waals surface area contributed by atoms with Crippen molar-refractivity contribution in [2.24, 2.45) is 5.73 Å². The van der Waals surface area contributed by atoms with Crippen LogP contribution in [0.1, 0.15) is 28.0 Å². The third-order valence-corrected chi connectivity index (χ3v) is 4.02. The van der Waals surface area contributed by atoms with Crippen molar-refractivity contribution in [2.75, 3.05) is 0 Å². The standard InChI is InChI=1S/C15H11F2N5O2/c1-5-2-3-7(23)9-11(5)22-14(21-9)8(13(18)24)10-15(22)19-4-6(20-10)12(16)17/h2-4,12,19-20H,1H3,(H2,18,24). The molecule has 0 saturated heterocycles. The minimum absolute atomic E-state index is 0.0428. The van der Waals surface area contributed by atoms with Crippen LogP contribution in [0.25, 0.3) is 27.8 Å². The second-order valence-corrected chi connectivity index (χ2v) is 5.48. The number of hydrogen-bond donors (Lipinski definition) is 3. The number of aryl methyl sites for hydroxylation is 1. The van der Waals surface area contributed by atoms with Crippen molar-refractivity contribution < 1.29 is 13.6 Å². The van der Waals surface area contributed by atoms with E-state index < -0.39 is 12.3 Å². The Morgan fingerprint density at radius 3 is 2.79 bits per heavy atom. The van der Waals surface area contributed by atoms with E-state index in [2.05, 4.69) is 15.0 Å². The number of benzene rings is 1. The number of alkyl halides is 2. The van der Waals surface area contributed by atoms with Crippen LogP contribution in [0.15, 0.2) is 23.1 Å². The Balaban J connectivity index is 2.31. The zero-order valence-electron chi connectivity index (χ0n) is 12.4. The SMILES string of the molecule is Cc1ccc(=O)c2nc3c(C(N)=O)c4[nH]c(C(F)F)c[nH]c4n3c12. The van der Waals surface area contributed by atoms with Gasteiger partial charge in [-0.1, -0.05) is 6.07 Å². The number of nitrogens with one attached hydrogen (secondary N) is 2. The first kappa shape index (κ1) is 14.4. The fraction of sp³-hybridized carbons (Fsp3) is 0.133. The lowest BCUT2D eigenvalue weighted by atomic mass is 10.2. The van der Waals surface area contributed by atoms with Crippen molar-refractivity contribution in [3.8, 4) is 0 Å². The van der Waals surface area contributed by atoms with Crippen molar-refractivity contribution in [2.45, 2.75) is 13.3 Å². The van der Waals surface area contributed by atoms with Gasteiger partial charge in [-0.25, -0.2) is 13.8 Å². The van der Waals surface area contributed by atoms with Crippen LogP contribution in [0, 0.1) is 6.92 Å². The molecule has 0 aliphatic carbocycles. The van der Waals surface area contributed by atoms with E-state index in [4.69, 9.17) is 5.73 Å². The maximum absolute atomic E-state index is 12.9. The highest BCUT2D eigenvalue weighted by Gasteiger charge is 2.24. The van der Waals surface area contributed by atoms with Crippen molar-refractivity contribution in [1.82, 2.24) is 19.4 Å². The second-order valence-electron chi connectivity index (χ2n) is 5.48. The van der Waals surface area contributed by atoms with Crippen LogP contribution in [0.4, 0.5) is 8.78 Å². The third kappa shape index (κ3) is 1.72. The van der Waals surface area contributed by atoms with Gasteiger partial charge in [0.1, 0.15) is 16.7 Å². The minimum Gasteiger partial charge on any atom is -0.365 e. The first-order chi connectivity index (χ1) is 11.4. The van der Waals surface area contributed by atoms with Crippen LogP contribution in [0.2, 0.25) is 0 Å². The van der Waals surface area contributed by atoms with Crippen LogP contribution in [0.3, 0.4) is 0 Å². The average Bonchev–Trinajstić information content (AvgIpc) is 3.05. The molecule has 0 unspecified atom stereocenters. The molecule has 3 aromatic heterocycles. The Labute approximate surface area is 132 Å². The molecule has 1 aromatic carbocycles. The van der Waals surface area contributed by atoms with Crippen LogP contribution in [0.5, 0.6) is 0 Å². The quantitative estimate of drug-likeness (QED) is 0.522. The van der Waals surface area contributed by atoms with Gasteiger partial charge in [0, 0.05) is 6.20 Å². The fourth-order valence-electron chi connectivity index (χ4n) is 2.98. The monoisotopic (exact) mass is 331 g/mol. The number of aromatic amines is 2. The Morgan fingerprint density at radius 1 is 1.38 bits per heavy atom. The molecule has 0 radical (unpaired) electrons. The lowest BCUT2D eigenvalue weighted by molar-refractivity contribution is 0.100. The van der Waals surface area contributed by atoms with Gasteiger partial charge in [0.15, 0.2) is 5.65 Å². The highest BCUT2D eigenvalue weighted by atomic mass is 19.3. The Bertz CT molecular complexity index is 1200. The van der Waals surface area contributed by atoms with Crippen molar-refractivity contribution in [3.05, 3.63) is 45.4 Å². The summed E-state index contributed by atoms with van der Waals surface area (Å²) in [6, 6.07) is 3.03. The van der Waals surface area contributed by atoms with Gasteiger partial charge in [0.05, 0.1) is 16.7 Å². The van der Waals surface area contributed by atoms with E-state index in [9.17, 15) is 18.4 Å². The number of H-pyrrole nitrogens is 2. The predicted octanol–water partition coefficient (Wildman–Crippen LogP) is 2.00. The maximum Gasteiger partial charge on any atom is 0.279 e. The summed E-state index contributed by atoms with van der Waals surface area (Å²) in [7, 11) is 0. The first-order valence-electron chi connectivity index (χ1n) is 7.03. The third-order valence-electron chi connectivity index (χ3n) is 4.02. The van der Waals surface area contributed by atoms with Gasteiger partial charge in [0.2, 0.25) is 5.43 Å². The summed E-state index contributed by atoms with van der Waals surface area (Å²) in [5.41, 5.74) is 6.76. The van der Waals surface area contributed by atoms with E-state index >= 15 is 0 Å². The molecular weight excluding hydrogens is 320 g/mol. The molecule has 1 amide bonds. The summed E-state index contributed by atoms with van der Waals surface area (Å²) in [5.74, 6) is -0.827. The molecule has 0 fully saturated rings. The zero-order valence-corrected chi connectivity index (χ0v) is 12.4. The molecule has 4 N–H and O–H groups in total. The minimum atomic E-state index is -2.75. The van der Waals surface area contributed by atoms with Gasteiger partial charge >= 0.3 is 0 Å². The number of nitrogens with zero attached hydrogens (tertiary/aromatic N) is 2. The van der Waals surface area contributed by atoms with Gasteiger partial charge in [-0.2, -0.15) is 0 Å². The molecular formula is C15H11F2N5O2. The molecule has 7 nitrogen and oxygen atoms in total. The normalized spacial score (nSPS) is 12.0. The van der Waals surface area contributed by atoms with Gasteiger partial charge in [-0.3, -0.25) is 14.0 Å². The summed E-state index contributed by atoms with van der Waals surface area (Å²) in [5, 5.41) is 0. The maximum atomic E-state index is 12.9. The number of hydrogen-bond acceptors (Lipinski definition) is 3. The number of halogens is 2. The molecule has 9 heteroatoms. The van der Waals surface area contributed by atoms with Crippen LogP contribution < -0.4 is 11.2 Å². The summed E-state index contributed by atoms with van der Waals surface area (Å²) in [6.07, 6.45) is -1.64. The van der Waals surface area contributed by atoms with Crippen LogP contribution in [-0.2, 0) is 0 Å². The molecule has 4 rings (SSSR count). The van der Waals surface area contributed by atoms with Crippen molar-refractivity contribution in [1.29, 1.82) is 0 Å². The second kappa shape index (κ2) is 4.63. The van der Waals surface area contributed by atoms with E-state index in [0.717, 1.165) is 11.8 Å². The average molecular weight is 331 g/mol. The summed E-state index contributed by atoms with van der Waals surface area (Å²) < 4.78 is 27.4. The Hall–Kier alpha value is -3.23. The van der Waals surface area contributed by atoms with Gasteiger partial charge in [-0.15, -0.1) is 0 Å². The van der Waals surface area contributed by atoms with E-state index in [1.54, 1.807) is 17.4 Å². The summed E-state index contributed by atoms with van der Waals surface area (Å²) in [4.78, 5) is 33.4. The molecule has 0 spiro atoms. The summed E-state index contributed by atoms with van der Waals surface area (Å²) >= 11 is 0.